The van der Waals surface area contributed by atoms with E-state index in [1.165, 1.54) is 4.57 Å². The standard InChI is InChI=1S/C17H14N2O3/c1-11-6-2-3-7-12(11)16-18-14-9-5-4-8-13(14)17(22)19(16)10-15(20)21/h2-9H,10H2,1H3,(H,20,21). The minimum atomic E-state index is -1.07. The largest absolute Gasteiger partial charge is 0.480 e. The third kappa shape index (κ3) is 2.37. The SMILES string of the molecule is Cc1ccccc1-c1nc2ccccc2c(=O)n1CC(=O)O. The Morgan fingerprint density at radius 2 is 1.82 bits per heavy atom. The Labute approximate surface area is 126 Å². The number of benzene rings is 2. The Balaban J connectivity index is 2.39. The van der Waals surface area contributed by atoms with Crippen LogP contribution < -0.4 is 5.56 Å². The molecule has 5 nitrogen and oxygen atoms in total. The number of aliphatic carboxylic acids is 1. The number of hydrogen-bond donors (Lipinski definition) is 1. The summed E-state index contributed by atoms with van der Waals surface area (Å²) >= 11 is 0. The van der Waals surface area contributed by atoms with Crippen molar-refractivity contribution in [3.8, 4) is 11.4 Å². The number of aromatic nitrogens is 2. The Bertz CT molecular complexity index is 929. The average Bonchev–Trinajstić information content (AvgIpc) is 2.50. The summed E-state index contributed by atoms with van der Waals surface area (Å²) in [6.45, 7) is 1.49. The molecule has 0 saturated carbocycles. The van der Waals surface area contributed by atoms with Crippen molar-refractivity contribution in [3.05, 3.63) is 64.4 Å². The number of hydrogen-bond acceptors (Lipinski definition) is 3. The first-order valence-electron chi connectivity index (χ1n) is 6.85. The van der Waals surface area contributed by atoms with Crippen LogP contribution in [0.1, 0.15) is 5.56 Å². The highest BCUT2D eigenvalue weighted by molar-refractivity contribution is 5.80. The van der Waals surface area contributed by atoms with Gasteiger partial charge in [0, 0.05) is 5.56 Å². The summed E-state index contributed by atoms with van der Waals surface area (Å²) in [4.78, 5) is 28.3. The predicted octanol–water partition coefficient (Wildman–Crippen LogP) is 2.46. The zero-order chi connectivity index (χ0) is 15.7. The van der Waals surface area contributed by atoms with Gasteiger partial charge in [0.1, 0.15) is 12.4 Å². The molecule has 0 amide bonds. The van der Waals surface area contributed by atoms with Crippen molar-refractivity contribution in [2.24, 2.45) is 0 Å². The quantitative estimate of drug-likeness (QED) is 0.805. The van der Waals surface area contributed by atoms with Gasteiger partial charge < -0.3 is 5.11 Å². The maximum Gasteiger partial charge on any atom is 0.323 e. The van der Waals surface area contributed by atoms with Gasteiger partial charge >= 0.3 is 5.97 Å². The van der Waals surface area contributed by atoms with E-state index in [1.807, 2.05) is 31.2 Å². The summed E-state index contributed by atoms with van der Waals surface area (Å²) in [6.07, 6.45) is 0. The van der Waals surface area contributed by atoms with Crippen molar-refractivity contribution in [2.45, 2.75) is 13.5 Å². The fraction of sp³-hybridized carbons (Fsp3) is 0.118. The van der Waals surface area contributed by atoms with Gasteiger partial charge in [0.15, 0.2) is 0 Å². The van der Waals surface area contributed by atoms with Crippen molar-refractivity contribution >= 4 is 16.9 Å². The van der Waals surface area contributed by atoms with Crippen LogP contribution in [-0.4, -0.2) is 20.6 Å². The summed E-state index contributed by atoms with van der Waals surface area (Å²) < 4.78 is 1.22. The normalized spacial score (nSPS) is 10.8. The lowest BCUT2D eigenvalue weighted by Crippen LogP contribution is -2.27. The third-order valence-corrected chi connectivity index (χ3v) is 3.54. The van der Waals surface area contributed by atoms with Crippen molar-refractivity contribution in [3.63, 3.8) is 0 Å². The smallest absolute Gasteiger partial charge is 0.323 e. The molecule has 0 aliphatic rings. The van der Waals surface area contributed by atoms with E-state index in [9.17, 15) is 9.59 Å². The van der Waals surface area contributed by atoms with Crippen LogP contribution >= 0.6 is 0 Å². The highest BCUT2D eigenvalue weighted by atomic mass is 16.4. The topological polar surface area (TPSA) is 72.2 Å². The van der Waals surface area contributed by atoms with E-state index in [4.69, 9.17) is 5.11 Å². The van der Waals surface area contributed by atoms with Gasteiger partial charge in [-0.1, -0.05) is 36.4 Å². The van der Waals surface area contributed by atoms with Crippen LogP contribution in [0.25, 0.3) is 22.3 Å². The van der Waals surface area contributed by atoms with Gasteiger partial charge in [-0.05, 0) is 24.6 Å². The molecule has 1 aromatic heterocycles. The van der Waals surface area contributed by atoms with Gasteiger partial charge in [-0.25, -0.2) is 4.98 Å². The molecule has 110 valence electrons. The first-order chi connectivity index (χ1) is 10.6. The first-order valence-corrected chi connectivity index (χ1v) is 6.85. The molecule has 1 N–H and O–H groups in total. The number of fused-ring (bicyclic) bond motifs is 1. The van der Waals surface area contributed by atoms with E-state index in [0.717, 1.165) is 11.1 Å². The molecule has 0 atom stereocenters. The van der Waals surface area contributed by atoms with E-state index in [1.54, 1.807) is 24.3 Å². The van der Waals surface area contributed by atoms with Gasteiger partial charge in [-0.3, -0.25) is 14.2 Å². The van der Waals surface area contributed by atoms with E-state index >= 15 is 0 Å². The zero-order valence-corrected chi connectivity index (χ0v) is 12.0. The molecule has 3 rings (SSSR count). The van der Waals surface area contributed by atoms with Gasteiger partial charge in [0.05, 0.1) is 10.9 Å². The van der Waals surface area contributed by atoms with Crippen molar-refractivity contribution in [2.75, 3.05) is 0 Å². The molecule has 0 aliphatic carbocycles. The van der Waals surface area contributed by atoms with Gasteiger partial charge in [-0.15, -0.1) is 0 Å². The number of para-hydroxylation sites is 1. The number of carboxylic acids is 1. The number of rotatable bonds is 3. The molecular formula is C17H14N2O3. The highest BCUT2D eigenvalue weighted by Gasteiger charge is 2.15. The Hall–Kier alpha value is -2.95. The van der Waals surface area contributed by atoms with Crippen LogP contribution in [0.5, 0.6) is 0 Å². The second-order valence-electron chi connectivity index (χ2n) is 5.05. The Morgan fingerprint density at radius 1 is 1.14 bits per heavy atom. The minimum absolute atomic E-state index is 0.341. The number of carboxylic acid groups (broad SMARTS) is 1. The Kier molecular flexibility index (Phi) is 3.47. The molecule has 0 fully saturated rings. The molecule has 1 heterocycles. The monoisotopic (exact) mass is 294 g/mol. The third-order valence-electron chi connectivity index (χ3n) is 3.54. The second kappa shape index (κ2) is 5.44. The molecule has 22 heavy (non-hydrogen) atoms. The molecule has 0 saturated heterocycles. The van der Waals surface area contributed by atoms with Crippen LogP contribution in [0.4, 0.5) is 0 Å². The summed E-state index contributed by atoms with van der Waals surface area (Å²) in [5.74, 6) is -0.696. The lowest BCUT2D eigenvalue weighted by atomic mass is 10.1. The van der Waals surface area contributed by atoms with Crippen LogP contribution in [0.15, 0.2) is 53.3 Å². The van der Waals surface area contributed by atoms with E-state index in [-0.39, 0.29) is 5.56 Å². The first kappa shape index (κ1) is 14.0. The van der Waals surface area contributed by atoms with Crippen molar-refractivity contribution in [1.82, 2.24) is 9.55 Å². The van der Waals surface area contributed by atoms with Crippen LogP contribution in [0.3, 0.4) is 0 Å². The molecule has 0 radical (unpaired) electrons. The predicted molar refractivity (Wildman–Crippen MR) is 83.8 cm³/mol. The lowest BCUT2D eigenvalue weighted by molar-refractivity contribution is -0.137. The number of nitrogens with zero attached hydrogens (tertiary/aromatic N) is 2. The lowest BCUT2D eigenvalue weighted by Gasteiger charge is -2.13. The summed E-state index contributed by atoms with van der Waals surface area (Å²) in [7, 11) is 0. The molecule has 5 heteroatoms. The van der Waals surface area contributed by atoms with Crippen molar-refractivity contribution in [1.29, 1.82) is 0 Å². The molecule has 2 aromatic carbocycles. The second-order valence-corrected chi connectivity index (χ2v) is 5.05. The summed E-state index contributed by atoms with van der Waals surface area (Å²) in [5.41, 5.74) is 1.91. The van der Waals surface area contributed by atoms with Gasteiger partial charge in [0.25, 0.3) is 5.56 Å². The zero-order valence-electron chi connectivity index (χ0n) is 12.0. The molecule has 3 aromatic rings. The maximum absolute atomic E-state index is 12.6. The van der Waals surface area contributed by atoms with Crippen LogP contribution in [0, 0.1) is 6.92 Å². The highest BCUT2D eigenvalue weighted by Crippen LogP contribution is 2.22. The molecule has 0 spiro atoms. The fourth-order valence-electron chi connectivity index (χ4n) is 2.48. The molecular weight excluding hydrogens is 280 g/mol. The van der Waals surface area contributed by atoms with Gasteiger partial charge in [-0.2, -0.15) is 0 Å². The van der Waals surface area contributed by atoms with Gasteiger partial charge in [0.2, 0.25) is 0 Å². The summed E-state index contributed by atoms with van der Waals surface area (Å²) in [6, 6.07) is 14.4. The number of carbonyl (C=O) groups is 1. The molecule has 0 unspecified atom stereocenters. The molecule has 0 aliphatic heterocycles. The van der Waals surface area contributed by atoms with E-state index in [2.05, 4.69) is 4.98 Å². The van der Waals surface area contributed by atoms with E-state index < -0.39 is 12.5 Å². The molecule has 0 bridgehead atoms. The summed E-state index contributed by atoms with van der Waals surface area (Å²) in [5, 5.41) is 9.53. The minimum Gasteiger partial charge on any atom is -0.480 e. The fourth-order valence-corrected chi connectivity index (χ4v) is 2.48. The van der Waals surface area contributed by atoms with Crippen LogP contribution in [-0.2, 0) is 11.3 Å². The van der Waals surface area contributed by atoms with Crippen LogP contribution in [0.2, 0.25) is 0 Å². The average molecular weight is 294 g/mol. The van der Waals surface area contributed by atoms with E-state index in [0.29, 0.717) is 16.7 Å². The maximum atomic E-state index is 12.6. The van der Waals surface area contributed by atoms with Crippen molar-refractivity contribution < 1.29 is 9.90 Å². The number of aryl methyl sites for hydroxylation is 1. The Morgan fingerprint density at radius 3 is 2.55 bits per heavy atom.